The molecule has 2 nitrogen and oxygen atoms in total. The van der Waals surface area contributed by atoms with Gasteiger partial charge in [-0.25, -0.2) is 0 Å². The molecule has 0 radical (unpaired) electrons. The summed E-state index contributed by atoms with van der Waals surface area (Å²) in [5.41, 5.74) is 2.32. The van der Waals surface area contributed by atoms with E-state index in [1.165, 1.54) is 5.69 Å². The second kappa shape index (κ2) is 3.14. The molecule has 0 fully saturated rings. The molecule has 2 rings (SSSR count). The van der Waals surface area contributed by atoms with Gasteiger partial charge in [0.05, 0.1) is 11.4 Å². The van der Waals surface area contributed by atoms with Crippen molar-refractivity contribution in [2.45, 2.75) is 30.8 Å². The van der Waals surface area contributed by atoms with Crippen molar-refractivity contribution in [1.82, 2.24) is 0 Å². The van der Waals surface area contributed by atoms with Crippen LogP contribution in [0.1, 0.15) is 13.8 Å². The summed E-state index contributed by atoms with van der Waals surface area (Å²) in [7, 11) is 0. The van der Waals surface area contributed by atoms with Gasteiger partial charge in [-0.2, -0.15) is 0 Å². The third-order valence-electron chi connectivity index (χ3n) is 2.52. The minimum Gasteiger partial charge on any atom is -0.379 e. The zero-order valence-electron chi connectivity index (χ0n) is 7.83. The summed E-state index contributed by atoms with van der Waals surface area (Å²) in [6, 6.07) is 7.04. The van der Waals surface area contributed by atoms with Crippen molar-refractivity contribution in [3.05, 3.63) is 18.2 Å². The van der Waals surface area contributed by atoms with Crippen molar-refractivity contribution in [3.8, 4) is 0 Å². The zero-order chi connectivity index (χ0) is 9.42. The number of hydrogen-bond acceptors (Lipinski definition) is 3. The lowest BCUT2D eigenvalue weighted by atomic mass is 10.1. The molecule has 13 heavy (non-hydrogen) atoms. The Bertz CT molecular complexity index is 325. The number of anilines is 2. The van der Waals surface area contributed by atoms with E-state index in [0.29, 0.717) is 12.1 Å². The van der Waals surface area contributed by atoms with Crippen LogP contribution in [0, 0.1) is 0 Å². The van der Waals surface area contributed by atoms with Gasteiger partial charge in [0.2, 0.25) is 0 Å². The molecular formula is C10H14N2S. The molecule has 1 aromatic rings. The summed E-state index contributed by atoms with van der Waals surface area (Å²) in [5.74, 6) is 0. The molecule has 0 aliphatic carbocycles. The predicted molar refractivity (Wildman–Crippen MR) is 59.9 cm³/mol. The molecule has 2 atom stereocenters. The summed E-state index contributed by atoms with van der Waals surface area (Å²) in [5, 5.41) is 6.88. The van der Waals surface area contributed by atoms with Crippen molar-refractivity contribution in [3.63, 3.8) is 0 Å². The SMILES string of the molecule is CC1Nc2ccc(S)cc2NC1C. The van der Waals surface area contributed by atoms with E-state index >= 15 is 0 Å². The van der Waals surface area contributed by atoms with Crippen LogP contribution in [-0.2, 0) is 0 Å². The maximum absolute atomic E-state index is 4.30. The average Bonchev–Trinajstić information content (AvgIpc) is 2.08. The van der Waals surface area contributed by atoms with E-state index in [2.05, 4.69) is 43.2 Å². The Labute approximate surface area is 84.1 Å². The molecule has 2 N–H and O–H groups in total. The highest BCUT2D eigenvalue weighted by molar-refractivity contribution is 7.80. The number of thiol groups is 1. The maximum Gasteiger partial charge on any atom is 0.0590 e. The zero-order valence-corrected chi connectivity index (χ0v) is 8.73. The van der Waals surface area contributed by atoms with Crippen molar-refractivity contribution in [2.24, 2.45) is 0 Å². The van der Waals surface area contributed by atoms with Crippen LogP contribution in [0.3, 0.4) is 0 Å². The van der Waals surface area contributed by atoms with Crippen molar-refractivity contribution in [1.29, 1.82) is 0 Å². The molecule has 0 amide bonds. The number of fused-ring (bicyclic) bond motifs is 1. The van der Waals surface area contributed by atoms with Gasteiger partial charge in [0.1, 0.15) is 0 Å². The van der Waals surface area contributed by atoms with Crippen LogP contribution in [0.4, 0.5) is 11.4 Å². The molecule has 1 aromatic carbocycles. The first-order valence-electron chi connectivity index (χ1n) is 4.53. The molecule has 2 unspecified atom stereocenters. The minimum atomic E-state index is 0.461. The fourth-order valence-electron chi connectivity index (χ4n) is 1.52. The monoisotopic (exact) mass is 194 g/mol. The molecule has 70 valence electrons. The van der Waals surface area contributed by atoms with Crippen LogP contribution in [0.5, 0.6) is 0 Å². The summed E-state index contributed by atoms with van der Waals surface area (Å²) < 4.78 is 0. The fourth-order valence-corrected chi connectivity index (χ4v) is 1.72. The van der Waals surface area contributed by atoms with Crippen LogP contribution >= 0.6 is 12.6 Å². The highest BCUT2D eigenvalue weighted by Gasteiger charge is 2.19. The largest absolute Gasteiger partial charge is 0.379 e. The third-order valence-corrected chi connectivity index (χ3v) is 2.80. The lowest BCUT2D eigenvalue weighted by Gasteiger charge is -2.31. The standard InChI is InChI=1S/C10H14N2S/c1-6-7(2)12-10-5-8(13)3-4-9(10)11-6/h3-7,11-13H,1-2H3. The van der Waals surface area contributed by atoms with E-state index in [9.17, 15) is 0 Å². The second-order valence-corrected chi connectivity index (χ2v) is 4.11. The molecule has 1 heterocycles. The van der Waals surface area contributed by atoms with Crippen molar-refractivity contribution < 1.29 is 0 Å². The first-order valence-corrected chi connectivity index (χ1v) is 4.97. The van der Waals surface area contributed by atoms with Gasteiger partial charge in [-0.05, 0) is 32.0 Å². The van der Waals surface area contributed by atoms with Crippen LogP contribution in [0.15, 0.2) is 23.1 Å². The van der Waals surface area contributed by atoms with E-state index in [1.54, 1.807) is 0 Å². The van der Waals surface area contributed by atoms with E-state index in [-0.39, 0.29) is 0 Å². The molecule has 0 spiro atoms. The number of nitrogens with one attached hydrogen (secondary N) is 2. The van der Waals surface area contributed by atoms with Gasteiger partial charge < -0.3 is 10.6 Å². The van der Waals surface area contributed by atoms with Crippen molar-refractivity contribution in [2.75, 3.05) is 10.6 Å². The molecule has 0 aromatic heterocycles. The van der Waals surface area contributed by atoms with Gasteiger partial charge in [-0.3, -0.25) is 0 Å². The number of hydrogen-bond donors (Lipinski definition) is 3. The lowest BCUT2D eigenvalue weighted by Crippen LogP contribution is -2.38. The molecule has 0 saturated heterocycles. The van der Waals surface area contributed by atoms with E-state index in [4.69, 9.17) is 0 Å². The Morgan fingerprint density at radius 3 is 2.38 bits per heavy atom. The van der Waals surface area contributed by atoms with Crippen LogP contribution < -0.4 is 10.6 Å². The maximum atomic E-state index is 4.30. The van der Waals surface area contributed by atoms with Crippen LogP contribution in [0.25, 0.3) is 0 Å². The van der Waals surface area contributed by atoms with E-state index in [1.807, 2.05) is 12.1 Å². The molecule has 1 aliphatic heterocycles. The Hall–Kier alpha value is -0.830. The van der Waals surface area contributed by atoms with Gasteiger partial charge >= 0.3 is 0 Å². The fraction of sp³-hybridized carbons (Fsp3) is 0.400. The Balaban J connectivity index is 2.37. The molecule has 0 bridgehead atoms. The summed E-state index contributed by atoms with van der Waals surface area (Å²) in [6.45, 7) is 4.35. The Morgan fingerprint density at radius 2 is 1.69 bits per heavy atom. The molecule has 1 aliphatic rings. The lowest BCUT2D eigenvalue weighted by molar-refractivity contribution is 0.663. The highest BCUT2D eigenvalue weighted by Crippen LogP contribution is 2.30. The van der Waals surface area contributed by atoms with Gasteiger partial charge in [0.25, 0.3) is 0 Å². The number of rotatable bonds is 0. The Morgan fingerprint density at radius 1 is 1.08 bits per heavy atom. The topological polar surface area (TPSA) is 24.1 Å². The van der Waals surface area contributed by atoms with Gasteiger partial charge in [-0.1, -0.05) is 0 Å². The van der Waals surface area contributed by atoms with E-state index < -0.39 is 0 Å². The van der Waals surface area contributed by atoms with E-state index in [0.717, 1.165) is 10.6 Å². The molecular weight excluding hydrogens is 180 g/mol. The Kier molecular flexibility index (Phi) is 2.12. The highest BCUT2D eigenvalue weighted by atomic mass is 32.1. The smallest absolute Gasteiger partial charge is 0.0590 e. The first-order chi connectivity index (χ1) is 6.16. The van der Waals surface area contributed by atoms with Crippen molar-refractivity contribution >= 4 is 24.0 Å². The quantitative estimate of drug-likeness (QED) is 0.553. The normalized spacial score (nSPS) is 25.8. The predicted octanol–water partition coefficient (Wildman–Crippen LogP) is 2.59. The van der Waals surface area contributed by atoms with Gasteiger partial charge in [-0.15, -0.1) is 12.6 Å². The second-order valence-electron chi connectivity index (χ2n) is 3.60. The summed E-state index contributed by atoms with van der Waals surface area (Å²) in [6.07, 6.45) is 0. The summed E-state index contributed by atoms with van der Waals surface area (Å²) >= 11 is 4.30. The van der Waals surface area contributed by atoms with Crippen LogP contribution in [0.2, 0.25) is 0 Å². The minimum absolute atomic E-state index is 0.461. The number of benzene rings is 1. The molecule has 0 saturated carbocycles. The van der Waals surface area contributed by atoms with Gasteiger partial charge in [0, 0.05) is 17.0 Å². The average molecular weight is 194 g/mol. The first kappa shape index (κ1) is 8.75. The van der Waals surface area contributed by atoms with Crippen LogP contribution in [-0.4, -0.2) is 12.1 Å². The third kappa shape index (κ3) is 1.61. The van der Waals surface area contributed by atoms with Gasteiger partial charge in [0.15, 0.2) is 0 Å². The summed E-state index contributed by atoms with van der Waals surface area (Å²) in [4.78, 5) is 0.995. The molecule has 3 heteroatoms.